The van der Waals surface area contributed by atoms with Crippen LogP contribution in [0.3, 0.4) is 0 Å². The summed E-state index contributed by atoms with van der Waals surface area (Å²) in [5, 5.41) is 0. The number of piperazine rings is 1. The molecule has 0 aliphatic carbocycles. The Kier molecular flexibility index (Phi) is 4.23. The minimum atomic E-state index is 0.100. The first-order valence-corrected chi connectivity index (χ1v) is 7.02. The Labute approximate surface area is 116 Å². The highest BCUT2D eigenvalue weighted by Crippen LogP contribution is 2.29. The molecule has 2 heterocycles. The average Bonchev–Trinajstić information content (AvgIpc) is 2.34. The van der Waals surface area contributed by atoms with Gasteiger partial charge in [0.25, 0.3) is 0 Å². The van der Waals surface area contributed by atoms with E-state index in [0.717, 1.165) is 19.6 Å². The highest BCUT2D eigenvalue weighted by Gasteiger charge is 2.35. The number of aromatic nitrogens is 1. The van der Waals surface area contributed by atoms with E-state index >= 15 is 0 Å². The summed E-state index contributed by atoms with van der Waals surface area (Å²) in [6.45, 7) is 9.84. The molecule has 106 valence electrons. The van der Waals surface area contributed by atoms with Gasteiger partial charge in [0.05, 0.1) is 6.04 Å². The van der Waals surface area contributed by atoms with E-state index in [1.807, 2.05) is 18.5 Å². The van der Waals surface area contributed by atoms with Gasteiger partial charge in [-0.15, -0.1) is 0 Å². The minimum Gasteiger partial charge on any atom is -0.326 e. The van der Waals surface area contributed by atoms with E-state index in [4.69, 9.17) is 5.73 Å². The maximum atomic E-state index is 6.24. The largest absolute Gasteiger partial charge is 0.326 e. The Balaban J connectivity index is 2.22. The molecule has 4 nitrogen and oxygen atoms in total. The van der Waals surface area contributed by atoms with Crippen molar-refractivity contribution in [1.82, 2.24) is 14.8 Å². The van der Waals surface area contributed by atoms with Crippen LogP contribution in [-0.4, -0.2) is 53.0 Å². The first-order chi connectivity index (χ1) is 8.92. The van der Waals surface area contributed by atoms with E-state index in [1.165, 1.54) is 5.56 Å². The average molecular weight is 262 g/mol. The lowest BCUT2D eigenvalue weighted by Crippen LogP contribution is -2.59. The molecule has 0 radical (unpaired) electrons. The molecule has 1 aliphatic heterocycles. The molecule has 2 atom stereocenters. The summed E-state index contributed by atoms with van der Waals surface area (Å²) in [7, 11) is 2.20. The lowest BCUT2D eigenvalue weighted by molar-refractivity contribution is 0.0112. The zero-order valence-electron chi connectivity index (χ0n) is 12.5. The molecule has 1 aliphatic rings. The quantitative estimate of drug-likeness (QED) is 0.896. The summed E-state index contributed by atoms with van der Waals surface area (Å²) >= 11 is 0. The Morgan fingerprint density at radius 1 is 1.37 bits per heavy atom. The van der Waals surface area contributed by atoms with Gasteiger partial charge in [-0.25, -0.2) is 0 Å². The van der Waals surface area contributed by atoms with Crippen molar-refractivity contribution in [3.63, 3.8) is 0 Å². The summed E-state index contributed by atoms with van der Waals surface area (Å²) in [5.41, 5.74) is 7.65. The Morgan fingerprint density at radius 2 is 2.11 bits per heavy atom. The van der Waals surface area contributed by atoms with Crippen molar-refractivity contribution >= 4 is 0 Å². The summed E-state index contributed by atoms with van der Waals surface area (Å²) in [5.74, 6) is 0. The fraction of sp³-hybridized carbons (Fsp3) is 0.667. The SMILES string of the molecule is CC(N)C(c1cccnc1)N1CCN(C)C(C)(C)C1. The topological polar surface area (TPSA) is 45.4 Å². The third-order valence-electron chi connectivity index (χ3n) is 4.26. The van der Waals surface area contributed by atoms with Gasteiger partial charge >= 0.3 is 0 Å². The lowest BCUT2D eigenvalue weighted by atomic mass is 9.94. The number of nitrogens with two attached hydrogens (primary N) is 1. The Morgan fingerprint density at radius 3 is 2.63 bits per heavy atom. The summed E-state index contributed by atoms with van der Waals surface area (Å²) in [4.78, 5) is 9.16. The summed E-state index contributed by atoms with van der Waals surface area (Å²) < 4.78 is 0. The molecule has 0 amide bonds. The summed E-state index contributed by atoms with van der Waals surface area (Å²) in [6.07, 6.45) is 3.76. The number of likely N-dealkylation sites (N-methyl/N-ethyl adjacent to an activating group) is 1. The third kappa shape index (κ3) is 3.14. The minimum absolute atomic E-state index is 0.100. The van der Waals surface area contributed by atoms with Gasteiger partial charge in [-0.3, -0.25) is 14.8 Å². The number of nitrogens with zero attached hydrogens (tertiary/aromatic N) is 3. The predicted octanol–water partition coefficient (Wildman–Crippen LogP) is 1.50. The van der Waals surface area contributed by atoms with Gasteiger partial charge in [-0.2, -0.15) is 0 Å². The lowest BCUT2D eigenvalue weighted by Gasteiger charge is -2.48. The molecule has 0 bridgehead atoms. The second kappa shape index (κ2) is 5.57. The third-order valence-corrected chi connectivity index (χ3v) is 4.26. The first kappa shape index (κ1) is 14.4. The number of rotatable bonds is 3. The normalized spacial score (nSPS) is 24.1. The van der Waals surface area contributed by atoms with Crippen LogP contribution in [0.15, 0.2) is 24.5 Å². The Hall–Kier alpha value is -0.970. The number of pyridine rings is 1. The molecule has 2 N–H and O–H groups in total. The van der Waals surface area contributed by atoms with Crippen molar-refractivity contribution in [3.05, 3.63) is 30.1 Å². The maximum Gasteiger partial charge on any atom is 0.0513 e. The number of hydrogen-bond acceptors (Lipinski definition) is 4. The van der Waals surface area contributed by atoms with Crippen molar-refractivity contribution in [2.75, 3.05) is 26.7 Å². The molecule has 0 saturated carbocycles. The molecule has 2 unspecified atom stereocenters. The van der Waals surface area contributed by atoms with Crippen molar-refractivity contribution in [1.29, 1.82) is 0 Å². The van der Waals surface area contributed by atoms with E-state index in [9.17, 15) is 0 Å². The Bertz CT molecular complexity index is 402. The standard InChI is InChI=1S/C15H26N4/c1-12(16)14(13-6-5-7-17-10-13)19-9-8-18(4)15(2,3)11-19/h5-7,10,12,14H,8-9,11,16H2,1-4H3. The smallest absolute Gasteiger partial charge is 0.0513 e. The molecule has 19 heavy (non-hydrogen) atoms. The van der Waals surface area contributed by atoms with E-state index in [2.05, 4.69) is 48.7 Å². The van der Waals surface area contributed by atoms with Crippen LogP contribution in [0.25, 0.3) is 0 Å². The zero-order valence-corrected chi connectivity index (χ0v) is 12.5. The zero-order chi connectivity index (χ0) is 14.0. The van der Waals surface area contributed by atoms with Gasteiger partial charge in [0.2, 0.25) is 0 Å². The molecule has 2 rings (SSSR count). The first-order valence-electron chi connectivity index (χ1n) is 7.02. The van der Waals surface area contributed by atoms with Crippen LogP contribution in [0.2, 0.25) is 0 Å². The molecule has 0 spiro atoms. The fourth-order valence-electron chi connectivity index (χ4n) is 2.91. The highest BCUT2D eigenvalue weighted by atomic mass is 15.3. The molecule has 0 aromatic carbocycles. The van der Waals surface area contributed by atoms with Crippen molar-refractivity contribution < 1.29 is 0 Å². The van der Waals surface area contributed by atoms with Crippen LogP contribution in [0.5, 0.6) is 0 Å². The maximum absolute atomic E-state index is 6.24. The van der Waals surface area contributed by atoms with Crippen LogP contribution in [0.1, 0.15) is 32.4 Å². The predicted molar refractivity (Wildman–Crippen MR) is 78.9 cm³/mol. The van der Waals surface area contributed by atoms with E-state index in [-0.39, 0.29) is 17.6 Å². The molecule has 4 heteroatoms. The molecule has 1 saturated heterocycles. The van der Waals surface area contributed by atoms with Gasteiger partial charge < -0.3 is 5.73 Å². The number of hydrogen-bond donors (Lipinski definition) is 1. The van der Waals surface area contributed by atoms with Crippen molar-refractivity contribution in [2.24, 2.45) is 5.73 Å². The van der Waals surface area contributed by atoms with Crippen molar-refractivity contribution in [2.45, 2.75) is 38.4 Å². The summed E-state index contributed by atoms with van der Waals surface area (Å²) in [6, 6.07) is 4.48. The van der Waals surface area contributed by atoms with Crippen LogP contribution < -0.4 is 5.73 Å². The second-order valence-electron chi connectivity index (χ2n) is 6.29. The van der Waals surface area contributed by atoms with E-state index in [1.54, 1.807) is 0 Å². The van der Waals surface area contributed by atoms with Gasteiger partial charge in [-0.1, -0.05) is 6.07 Å². The molecular formula is C15H26N4. The van der Waals surface area contributed by atoms with Crippen molar-refractivity contribution in [3.8, 4) is 0 Å². The van der Waals surface area contributed by atoms with Crippen LogP contribution in [0.4, 0.5) is 0 Å². The van der Waals surface area contributed by atoms with E-state index in [0.29, 0.717) is 0 Å². The van der Waals surface area contributed by atoms with Gasteiger partial charge in [0.15, 0.2) is 0 Å². The molecular weight excluding hydrogens is 236 g/mol. The molecule has 1 aromatic heterocycles. The van der Waals surface area contributed by atoms with Crippen LogP contribution >= 0.6 is 0 Å². The van der Waals surface area contributed by atoms with Crippen LogP contribution in [-0.2, 0) is 0 Å². The second-order valence-corrected chi connectivity index (χ2v) is 6.29. The van der Waals surface area contributed by atoms with Gasteiger partial charge in [-0.05, 0) is 39.4 Å². The van der Waals surface area contributed by atoms with E-state index < -0.39 is 0 Å². The fourth-order valence-corrected chi connectivity index (χ4v) is 2.91. The van der Waals surface area contributed by atoms with Crippen LogP contribution in [0, 0.1) is 0 Å². The monoisotopic (exact) mass is 262 g/mol. The highest BCUT2D eigenvalue weighted by molar-refractivity contribution is 5.16. The van der Waals surface area contributed by atoms with Gasteiger partial charge in [0, 0.05) is 43.6 Å². The molecule has 1 fully saturated rings. The van der Waals surface area contributed by atoms with Gasteiger partial charge in [0.1, 0.15) is 0 Å². The molecule has 1 aromatic rings.